The van der Waals surface area contributed by atoms with Crippen LogP contribution in [0.3, 0.4) is 0 Å². The molecule has 1 aromatic carbocycles. The van der Waals surface area contributed by atoms with Crippen LogP contribution in [0, 0.1) is 0 Å². The summed E-state index contributed by atoms with van der Waals surface area (Å²) in [6.07, 6.45) is 7.45. The van der Waals surface area contributed by atoms with Crippen LogP contribution in [0.2, 0.25) is 33.0 Å². The van der Waals surface area contributed by atoms with Crippen LogP contribution in [0.1, 0.15) is 73.1 Å². The molecule has 0 fully saturated rings. The van der Waals surface area contributed by atoms with E-state index in [0.717, 1.165) is 5.75 Å². The van der Waals surface area contributed by atoms with Crippen molar-refractivity contribution in [3.8, 4) is 5.75 Å². The average molecular weight is 611 g/mol. The average Bonchev–Trinajstić information content (AvgIpc) is 3.26. The molecule has 0 spiro atoms. The molecule has 0 atom stereocenters. The van der Waals surface area contributed by atoms with Gasteiger partial charge in [0.05, 0.1) is 0 Å². The summed E-state index contributed by atoms with van der Waals surface area (Å²) < 4.78 is 14.8. The van der Waals surface area contributed by atoms with Gasteiger partial charge in [-0.15, -0.1) is 0 Å². The van der Waals surface area contributed by atoms with Gasteiger partial charge in [-0.1, -0.05) is 0 Å². The summed E-state index contributed by atoms with van der Waals surface area (Å²) in [5.41, 5.74) is 0. The van der Waals surface area contributed by atoms with E-state index in [1.807, 2.05) is 30.1 Å². The Hall–Kier alpha value is -0.534. The second-order valence-electron chi connectivity index (χ2n) is 10.9. The Labute approximate surface area is 218 Å². The number of ether oxygens (including phenoxy) is 1. The molecule has 3 nitrogen and oxygen atoms in total. The van der Waals surface area contributed by atoms with Crippen LogP contribution in [0.5, 0.6) is 5.75 Å². The second kappa shape index (κ2) is 13.7. The monoisotopic (exact) mass is 611 g/mol. The quantitative estimate of drug-likeness (QED) is 0.201. The fourth-order valence-corrected chi connectivity index (χ4v) is 24.6. The van der Waals surface area contributed by atoms with Crippen molar-refractivity contribution in [3.05, 3.63) is 18.2 Å². The first-order valence-electron chi connectivity index (χ1n) is 13.7. The number of carbonyl (C=O) groups is 1. The molecule has 6 heteroatoms. The molecule has 0 saturated carbocycles. The van der Waals surface area contributed by atoms with Crippen molar-refractivity contribution >= 4 is 62.0 Å². The van der Waals surface area contributed by atoms with E-state index in [0.29, 0.717) is 13.1 Å². The minimum absolute atomic E-state index is 0.177. The third kappa shape index (κ3) is 7.25. The predicted molar refractivity (Wildman–Crippen MR) is 158 cm³/mol. The number of carbonyl (C=O) groups excluding carboxylic acids is 1. The van der Waals surface area contributed by atoms with Crippen LogP contribution in [-0.2, 0) is 0 Å². The molecule has 0 saturated heterocycles. The Morgan fingerprint density at radius 2 is 1.44 bits per heavy atom. The summed E-state index contributed by atoms with van der Waals surface area (Å²) in [6, 6.07) is 7.14. The van der Waals surface area contributed by atoms with Gasteiger partial charge in [-0.25, -0.2) is 0 Å². The molecule has 0 unspecified atom stereocenters. The van der Waals surface area contributed by atoms with Gasteiger partial charge in [0.1, 0.15) is 0 Å². The van der Waals surface area contributed by atoms with Gasteiger partial charge in [0, 0.05) is 0 Å². The number of thiophene rings is 1. The van der Waals surface area contributed by atoms with Crippen LogP contribution in [0.15, 0.2) is 18.2 Å². The predicted octanol–water partition coefficient (Wildman–Crippen LogP) is 8.34. The molecule has 192 valence electrons. The van der Waals surface area contributed by atoms with Crippen molar-refractivity contribution in [1.82, 2.24) is 4.90 Å². The molecule has 0 aliphatic heterocycles. The summed E-state index contributed by atoms with van der Waals surface area (Å²) in [7, 11) is -1.46. The van der Waals surface area contributed by atoms with E-state index in [2.05, 4.69) is 58.6 Å². The van der Waals surface area contributed by atoms with Crippen molar-refractivity contribution in [2.24, 2.45) is 0 Å². The molecule has 0 aliphatic carbocycles. The first kappa shape index (κ1) is 29.7. The van der Waals surface area contributed by atoms with Gasteiger partial charge < -0.3 is 0 Å². The topological polar surface area (TPSA) is 29.5 Å². The molecule has 2 aromatic rings. The summed E-state index contributed by atoms with van der Waals surface area (Å²) in [4.78, 5) is 15.1. The third-order valence-electron chi connectivity index (χ3n) is 7.19. The number of benzene rings is 1. The van der Waals surface area contributed by atoms with Crippen LogP contribution in [-0.4, -0.2) is 50.5 Å². The van der Waals surface area contributed by atoms with Gasteiger partial charge in [0.15, 0.2) is 0 Å². The number of fused-ring (bicyclic) bond motifs is 1. The fraction of sp³-hybridized carbons (Fsp3) is 0.679. The number of hydrogen-bond acceptors (Lipinski definition) is 3. The fourth-order valence-electron chi connectivity index (χ4n) is 4.92. The maximum absolute atomic E-state index is 13.3. The molecule has 2 rings (SSSR count). The van der Waals surface area contributed by atoms with Crippen molar-refractivity contribution in [2.45, 2.75) is 106 Å². The minimum atomic E-state index is -2.81. The Morgan fingerprint density at radius 1 is 0.912 bits per heavy atom. The summed E-state index contributed by atoms with van der Waals surface area (Å²) in [5.74, 6) is 0.947. The van der Waals surface area contributed by atoms with Gasteiger partial charge in [-0.3, -0.25) is 0 Å². The van der Waals surface area contributed by atoms with E-state index in [1.165, 1.54) is 70.0 Å². The van der Waals surface area contributed by atoms with Gasteiger partial charge in [0.25, 0.3) is 0 Å². The number of hydrogen-bond donors (Lipinski definition) is 0. The number of nitrogens with zero attached hydrogens (tertiary/aromatic N) is 1. The Morgan fingerprint density at radius 3 is 1.88 bits per heavy atom. The molecule has 1 aromatic heterocycles. The first-order chi connectivity index (χ1) is 16.2. The molecule has 34 heavy (non-hydrogen) atoms. The van der Waals surface area contributed by atoms with Crippen molar-refractivity contribution in [1.29, 1.82) is 0 Å². The van der Waals surface area contributed by atoms with Gasteiger partial charge in [-0.2, -0.15) is 0 Å². The Bertz CT molecular complexity index is 895. The van der Waals surface area contributed by atoms with E-state index in [9.17, 15) is 4.79 Å². The molecule has 0 radical (unpaired) electrons. The van der Waals surface area contributed by atoms with Crippen molar-refractivity contribution in [3.63, 3.8) is 0 Å². The van der Waals surface area contributed by atoms with Gasteiger partial charge >= 0.3 is 220 Å². The van der Waals surface area contributed by atoms with Crippen LogP contribution < -0.4 is 12.8 Å². The number of unbranched alkanes of at least 4 members (excludes halogenated alkanes) is 3. The molecule has 1 heterocycles. The van der Waals surface area contributed by atoms with E-state index in [1.54, 1.807) is 0 Å². The van der Waals surface area contributed by atoms with Crippen LogP contribution >= 0.6 is 11.3 Å². The van der Waals surface area contributed by atoms with E-state index < -0.39 is 26.5 Å². The maximum atomic E-state index is 13.3. The summed E-state index contributed by atoms with van der Waals surface area (Å²) in [6.45, 7) is 19.6. The zero-order chi connectivity index (χ0) is 25.4. The van der Waals surface area contributed by atoms with Crippen LogP contribution in [0.25, 0.3) is 10.1 Å². The van der Waals surface area contributed by atoms with Gasteiger partial charge in [-0.05, 0) is 0 Å². The Balaban J connectivity index is 2.78. The second-order valence-corrected chi connectivity index (χ2v) is 30.4. The number of amides is 1. The van der Waals surface area contributed by atoms with Gasteiger partial charge in [0.2, 0.25) is 0 Å². The van der Waals surface area contributed by atoms with Crippen LogP contribution in [0.4, 0.5) is 4.79 Å². The normalized spacial score (nSPS) is 12.4. The van der Waals surface area contributed by atoms with E-state index >= 15 is 0 Å². The Kier molecular flexibility index (Phi) is 12.0. The molecular formula is C28H49NO2SSiSn. The van der Waals surface area contributed by atoms with Crippen molar-refractivity contribution < 1.29 is 9.53 Å². The first-order valence-corrected chi connectivity index (χ1v) is 25.5. The third-order valence-corrected chi connectivity index (χ3v) is 27.5. The van der Waals surface area contributed by atoms with Crippen molar-refractivity contribution in [2.75, 3.05) is 13.1 Å². The molecule has 0 aliphatic rings. The standard InChI is InChI=1S/C16H22NO2SSi.3C4H9.Sn/c1-6-17(7-2)16(18)19-13-10-8-9-12-11-14(20-15(12)13)21(3,4)5;3*1-3-4-2;/h8-9,11H,6-7H2,1-5H3;3*1,3-4H2,2H3;. The molecule has 1 amide bonds. The summed E-state index contributed by atoms with van der Waals surface area (Å²) in [5, 5.41) is 1.26. The summed E-state index contributed by atoms with van der Waals surface area (Å²) >= 11 is -0.905. The SMILES string of the molecule is CCC[CH2][Sn]([CH2]CCC)([CH2]CCC)[c]1ccc2cc([Si](C)(C)C)sc2c1OC(=O)N(CC)CC. The van der Waals surface area contributed by atoms with E-state index in [-0.39, 0.29) is 6.09 Å². The zero-order valence-electron chi connectivity index (χ0n) is 23.2. The molecular weight excluding hydrogens is 561 g/mol. The zero-order valence-corrected chi connectivity index (χ0v) is 27.9. The molecule has 0 N–H and O–H groups in total. The van der Waals surface area contributed by atoms with E-state index in [4.69, 9.17) is 4.74 Å². The number of rotatable bonds is 14. The molecule has 0 bridgehead atoms.